The topological polar surface area (TPSA) is 46.0 Å². The Morgan fingerprint density at radius 1 is 1.07 bits per heavy atom. The highest BCUT2D eigenvalue weighted by atomic mass is 16.3. The van der Waals surface area contributed by atoms with E-state index in [1.165, 1.54) is 0 Å². The Morgan fingerprint density at radius 3 is 2.40 bits per heavy atom. The zero-order valence-corrected chi connectivity index (χ0v) is 8.88. The molecule has 0 amide bonds. The Morgan fingerprint density at radius 2 is 1.73 bits per heavy atom. The van der Waals surface area contributed by atoms with Gasteiger partial charge in [0, 0.05) is 12.4 Å². The van der Waals surface area contributed by atoms with E-state index in [4.69, 9.17) is 0 Å². The molecule has 0 saturated carbocycles. The molecule has 0 aliphatic rings. The summed E-state index contributed by atoms with van der Waals surface area (Å²) in [5.41, 5.74) is 2.59. The third-order valence-electron chi connectivity index (χ3n) is 2.47. The highest BCUT2D eigenvalue weighted by Crippen LogP contribution is 2.23. The van der Waals surface area contributed by atoms with Crippen LogP contribution in [0, 0.1) is 5.92 Å². The molecule has 1 N–H and O–H groups in total. The van der Waals surface area contributed by atoms with Crippen LogP contribution in [0.4, 0.5) is 0 Å². The molecule has 2 rings (SSSR count). The molecule has 78 valence electrons. The van der Waals surface area contributed by atoms with Gasteiger partial charge in [-0.1, -0.05) is 19.9 Å². The first-order valence-electron chi connectivity index (χ1n) is 5.07. The minimum absolute atomic E-state index is 0.208. The standard InChI is InChI=1S/C12H14N2O/c1-8(2)12(15)9-3-4-10-11(7-9)14-6-5-13-10/h3-8,12,15H,1-2H3. The van der Waals surface area contributed by atoms with E-state index in [2.05, 4.69) is 9.97 Å². The maximum atomic E-state index is 9.91. The Kier molecular flexibility index (Phi) is 2.64. The average Bonchev–Trinajstić information content (AvgIpc) is 2.27. The largest absolute Gasteiger partial charge is 0.388 e. The van der Waals surface area contributed by atoms with Crippen molar-refractivity contribution in [3.05, 3.63) is 36.2 Å². The number of hydrogen-bond donors (Lipinski definition) is 1. The summed E-state index contributed by atoms with van der Waals surface area (Å²) in [4.78, 5) is 8.39. The van der Waals surface area contributed by atoms with Gasteiger partial charge >= 0.3 is 0 Å². The Balaban J connectivity index is 2.47. The summed E-state index contributed by atoms with van der Waals surface area (Å²) in [7, 11) is 0. The monoisotopic (exact) mass is 202 g/mol. The van der Waals surface area contributed by atoms with Crippen LogP contribution in [0.5, 0.6) is 0 Å². The zero-order chi connectivity index (χ0) is 10.8. The number of hydrogen-bond acceptors (Lipinski definition) is 3. The number of aliphatic hydroxyl groups excluding tert-OH is 1. The fourth-order valence-corrected chi connectivity index (χ4v) is 1.55. The van der Waals surface area contributed by atoms with Crippen molar-refractivity contribution in [1.82, 2.24) is 9.97 Å². The summed E-state index contributed by atoms with van der Waals surface area (Å²) in [6.07, 6.45) is 2.89. The second-order valence-electron chi connectivity index (χ2n) is 3.99. The van der Waals surface area contributed by atoms with E-state index in [0.29, 0.717) is 0 Å². The van der Waals surface area contributed by atoms with Crippen molar-refractivity contribution in [2.45, 2.75) is 20.0 Å². The van der Waals surface area contributed by atoms with Crippen LogP contribution in [-0.2, 0) is 0 Å². The van der Waals surface area contributed by atoms with Crippen molar-refractivity contribution in [3.8, 4) is 0 Å². The minimum Gasteiger partial charge on any atom is -0.388 e. The third kappa shape index (κ3) is 1.97. The molecule has 1 unspecified atom stereocenters. The molecule has 0 aliphatic carbocycles. The first-order chi connectivity index (χ1) is 7.18. The van der Waals surface area contributed by atoms with Gasteiger partial charge in [0.2, 0.25) is 0 Å². The highest BCUT2D eigenvalue weighted by molar-refractivity contribution is 5.74. The summed E-state index contributed by atoms with van der Waals surface area (Å²) < 4.78 is 0. The Labute approximate surface area is 88.8 Å². The molecular weight excluding hydrogens is 188 g/mol. The maximum Gasteiger partial charge on any atom is 0.0890 e. The van der Waals surface area contributed by atoms with Crippen molar-refractivity contribution in [3.63, 3.8) is 0 Å². The third-order valence-corrected chi connectivity index (χ3v) is 2.47. The summed E-state index contributed by atoms with van der Waals surface area (Å²) in [6, 6.07) is 5.69. The lowest BCUT2D eigenvalue weighted by Gasteiger charge is -2.14. The van der Waals surface area contributed by atoms with Gasteiger partial charge in [0.05, 0.1) is 17.1 Å². The lowest BCUT2D eigenvalue weighted by atomic mass is 9.99. The molecule has 2 aromatic rings. The van der Waals surface area contributed by atoms with Crippen LogP contribution >= 0.6 is 0 Å². The molecule has 1 heterocycles. The van der Waals surface area contributed by atoms with Gasteiger partial charge in [0.1, 0.15) is 0 Å². The number of nitrogens with zero attached hydrogens (tertiary/aromatic N) is 2. The van der Waals surface area contributed by atoms with E-state index in [1.807, 2.05) is 32.0 Å². The van der Waals surface area contributed by atoms with Crippen molar-refractivity contribution < 1.29 is 5.11 Å². The van der Waals surface area contributed by atoms with E-state index in [9.17, 15) is 5.11 Å². The first kappa shape index (κ1) is 10.1. The highest BCUT2D eigenvalue weighted by Gasteiger charge is 2.12. The minimum atomic E-state index is -0.434. The van der Waals surface area contributed by atoms with E-state index in [1.54, 1.807) is 12.4 Å². The second kappa shape index (κ2) is 3.95. The molecule has 0 bridgehead atoms. The van der Waals surface area contributed by atoms with Gasteiger partial charge in [0.15, 0.2) is 0 Å². The van der Waals surface area contributed by atoms with Gasteiger partial charge in [-0.25, -0.2) is 0 Å². The SMILES string of the molecule is CC(C)C(O)c1ccc2nccnc2c1. The molecular formula is C12H14N2O. The first-order valence-corrected chi connectivity index (χ1v) is 5.07. The van der Waals surface area contributed by atoms with Crippen LogP contribution in [0.15, 0.2) is 30.6 Å². The molecule has 0 spiro atoms. The summed E-state index contributed by atoms with van der Waals surface area (Å²) in [5.74, 6) is 0.208. The predicted molar refractivity (Wildman–Crippen MR) is 59.3 cm³/mol. The van der Waals surface area contributed by atoms with Crippen molar-refractivity contribution in [1.29, 1.82) is 0 Å². The smallest absolute Gasteiger partial charge is 0.0890 e. The molecule has 15 heavy (non-hydrogen) atoms. The molecule has 0 aliphatic heterocycles. The van der Waals surface area contributed by atoms with E-state index in [0.717, 1.165) is 16.6 Å². The van der Waals surface area contributed by atoms with E-state index < -0.39 is 6.10 Å². The number of aliphatic hydroxyl groups is 1. The van der Waals surface area contributed by atoms with Crippen LogP contribution in [0.1, 0.15) is 25.5 Å². The molecule has 1 aromatic carbocycles. The zero-order valence-electron chi connectivity index (χ0n) is 8.88. The van der Waals surface area contributed by atoms with Crippen LogP contribution in [0.25, 0.3) is 11.0 Å². The van der Waals surface area contributed by atoms with Gasteiger partial charge in [-0.2, -0.15) is 0 Å². The van der Waals surface area contributed by atoms with Gasteiger partial charge < -0.3 is 5.11 Å². The lowest BCUT2D eigenvalue weighted by Crippen LogP contribution is -2.05. The van der Waals surface area contributed by atoms with Crippen LogP contribution in [0.2, 0.25) is 0 Å². The van der Waals surface area contributed by atoms with Gasteiger partial charge in [-0.15, -0.1) is 0 Å². The second-order valence-corrected chi connectivity index (χ2v) is 3.99. The molecule has 3 heteroatoms. The number of rotatable bonds is 2. The molecule has 1 atom stereocenters. The molecule has 0 saturated heterocycles. The number of fused-ring (bicyclic) bond motifs is 1. The fourth-order valence-electron chi connectivity index (χ4n) is 1.55. The quantitative estimate of drug-likeness (QED) is 0.812. The molecule has 0 radical (unpaired) electrons. The van der Waals surface area contributed by atoms with Gasteiger partial charge in [0.25, 0.3) is 0 Å². The van der Waals surface area contributed by atoms with Crippen molar-refractivity contribution in [2.24, 2.45) is 5.92 Å². The van der Waals surface area contributed by atoms with Crippen LogP contribution in [0.3, 0.4) is 0 Å². The predicted octanol–water partition coefficient (Wildman–Crippen LogP) is 2.32. The summed E-state index contributed by atoms with van der Waals surface area (Å²) in [6.45, 7) is 3.98. The van der Waals surface area contributed by atoms with Crippen LogP contribution in [-0.4, -0.2) is 15.1 Å². The number of aromatic nitrogens is 2. The van der Waals surface area contributed by atoms with Crippen molar-refractivity contribution >= 4 is 11.0 Å². The molecule has 0 fully saturated rings. The lowest BCUT2D eigenvalue weighted by molar-refractivity contribution is 0.127. The van der Waals surface area contributed by atoms with Gasteiger partial charge in [-0.3, -0.25) is 9.97 Å². The van der Waals surface area contributed by atoms with Crippen LogP contribution < -0.4 is 0 Å². The van der Waals surface area contributed by atoms with E-state index in [-0.39, 0.29) is 5.92 Å². The summed E-state index contributed by atoms with van der Waals surface area (Å²) >= 11 is 0. The average molecular weight is 202 g/mol. The van der Waals surface area contributed by atoms with E-state index >= 15 is 0 Å². The Hall–Kier alpha value is -1.48. The normalized spacial score (nSPS) is 13.3. The van der Waals surface area contributed by atoms with Crippen molar-refractivity contribution in [2.75, 3.05) is 0 Å². The molecule has 1 aromatic heterocycles. The molecule has 3 nitrogen and oxygen atoms in total. The Bertz CT molecular complexity index is 468. The number of benzene rings is 1. The summed E-state index contributed by atoms with van der Waals surface area (Å²) in [5, 5.41) is 9.91. The van der Waals surface area contributed by atoms with Gasteiger partial charge in [-0.05, 0) is 23.6 Å². The maximum absolute atomic E-state index is 9.91. The fraction of sp³-hybridized carbons (Fsp3) is 0.333.